The molecule has 0 spiro atoms. The van der Waals surface area contributed by atoms with Gasteiger partial charge < -0.3 is 10.6 Å². The Morgan fingerprint density at radius 3 is 2.64 bits per heavy atom. The van der Waals surface area contributed by atoms with Gasteiger partial charge in [-0.25, -0.2) is 0 Å². The van der Waals surface area contributed by atoms with Gasteiger partial charge in [0.25, 0.3) is 0 Å². The van der Waals surface area contributed by atoms with E-state index in [9.17, 15) is 4.79 Å². The van der Waals surface area contributed by atoms with Crippen molar-refractivity contribution in [3.63, 3.8) is 0 Å². The van der Waals surface area contributed by atoms with Crippen molar-refractivity contribution in [1.29, 1.82) is 0 Å². The van der Waals surface area contributed by atoms with E-state index in [1.54, 1.807) is 6.92 Å². The minimum atomic E-state index is -0.0181. The Balaban J connectivity index is 1.63. The fourth-order valence-electron chi connectivity index (χ4n) is 4.07. The first kappa shape index (κ1) is 20.6. The summed E-state index contributed by atoms with van der Waals surface area (Å²) < 4.78 is 0. The molecule has 2 aromatic rings. The van der Waals surface area contributed by atoms with E-state index in [1.165, 1.54) is 23.1 Å². The van der Waals surface area contributed by atoms with Crippen LogP contribution >= 0.6 is 0 Å². The molecule has 4 heteroatoms. The Morgan fingerprint density at radius 1 is 1.14 bits per heavy atom. The molecule has 1 aliphatic rings. The van der Waals surface area contributed by atoms with E-state index in [0.717, 1.165) is 38.3 Å². The van der Waals surface area contributed by atoms with E-state index in [4.69, 9.17) is 0 Å². The quantitative estimate of drug-likeness (QED) is 0.676. The highest BCUT2D eigenvalue weighted by molar-refractivity contribution is 5.88. The summed E-state index contributed by atoms with van der Waals surface area (Å²) in [6, 6.07) is 17.5. The van der Waals surface area contributed by atoms with Crippen molar-refractivity contribution in [3.05, 3.63) is 65.2 Å². The molecule has 2 N–H and O–H groups in total. The van der Waals surface area contributed by atoms with Crippen molar-refractivity contribution in [2.45, 2.75) is 52.7 Å². The fraction of sp³-hybridized carbons (Fsp3) is 0.458. The number of nitrogens with zero attached hydrogens (tertiary/aromatic N) is 1. The van der Waals surface area contributed by atoms with Gasteiger partial charge in [-0.2, -0.15) is 0 Å². The zero-order chi connectivity index (χ0) is 19.9. The van der Waals surface area contributed by atoms with Crippen LogP contribution in [0.25, 0.3) is 0 Å². The predicted molar refractivity (Wildman–Crippen MR) is 116 cm³/mol. The zero-order valence-corrected chi connectivity index (χ0v) is 17.4. The number of rotatable bonds is 8. The normalized spacial score (nSPS) is 16.8. The molecule has 3 rings (SSSR count). The van der Waals surface area contributed by atoms with Gasteiger partial charge in [-0.05, 0) is 47.6 Å². The van der Waals surface area contributed by atoms with E-state index in [1.807, 2.05) is 6.07 Å². The van der Waals surface area contributed by atoms with Crippen molar-refractivity contribution in [3.8, 4) is 0 Å². The van der Waals surface area contributed by atoms with Gasteiger partial charge in [0.1, 0.15) is 0 Å². The summed E-state index contributed by atoms with van der Waals surface area (Å²) in [5.41, 5.74) is 4.99. The number of amides is 1. The van der Waals surface area contributed by atoms with Crippen molar-refractivity contribution < 1.29 is 4.79 Å². The summed E-state index contributed by atoms with van der Waals surface area (Å²) in [5, 5.41) is 6.50. The molecular formula is C24H33N3O. The van der Waals surface area contributed by atoms with Crippen LogP contribution in [0.5, 0.6) is 0 Å². The molecule has 150 valence electrons. The van der Waals surface area contributed by atoms with Crippen LogP contribution in [0.3, 0.4) is 0 Å². The summed E-state index contributed by atoms with van der Waals surface area (Å²) in [6.45, 7) is 10.0. The summed E-state index contributed by atoms with van der Waals surface area (Å²) in [6.07, 6.45) is 2.30. The maximum atomic E-state index is 11.4. The highest BCUT2D eigenvalue weighted by atomic mass is 16.1. The molecular weight excluding hydrogens is 346 g/mol. The molecule has 28 heavy (non-hydrogen) atoms. The summed E-state index contributed by atoms with van der Waals surface area (Å²) in [7, 11) is 0. The molecule has 0 aliphatic carbocycles. The maximum Gasteiger partial charge on any atom is 0.221 e. The number of hydrogen-bond donors (Lipinski definition) is 2. The molecule has 0 radical (unpaired) electrons. The first-order chi connectivity index (χ1) is 13.5. The zero-order valence-electron chi connectivity index (χ0n) is 17.4. The van der Waals surface area contributed by atoms with Crippen LogP contribution in [-0.2, 0) is 24.3 Å². The van der Waals surface area contributed by atoms with Gasteiger partial charge in [0, 0.05) is 44.8 Å². The predicted octanol–water partition coefficient (Wildman–Crippen LogP) is 4.21. The molecule has 1 aliphatic heterocycles. The van der Waals surface area contributed by atoms with Gasteiger partial charge in [-0.15, -0.1) is 0 Å². The van der Waals surface area contributed by atoms with E-state index in [2.05, 4.69) is 71.8 Å². The number of benzene rings is 2. The number of anilines is 1. The average Bonchev–Trinajstić information content (AvgIpc) is 2.65. The monoisotopic (exact) mass is 379 g/mol. The fourth-order valence-corrected chi connectivity index (χ4v) is 4.07. The minimum Gasteiger partial charge on any atom is -0.326 e. The van der Waals surface area contributed by atoms with Gasteiger partial charge in [0.2, 0.25) is 5.91 Å². The highest BCUT2D eigenvalue weighted by Crippen LogP contribution is 2.28. The smallest absolute Gasteiger partial charge is 0.221 e. The number of nitrogens with one attached hydrogen (secondary N) is 2. The average molecular weight is 380 g/mol. The second-order valence-corrected chi connectivity index (χ2v) is 8.29. The van der Waals surface area contributed by atoms with Crippen LogP contribution in [-0.4, -0.2) is 29.9 Å². The number of fused-ring (bicyclic) bond motifs is 1. The van der Waals surface area contributed by atoms with Crippen LogP contribution in [0, 0.1) is 5.92 Å². The minimum absolute atomic E-state index is 0.0181. The lowest BCUT2D eigenvalue weighted by molar-refractivity contribution is -0.114. The molecule has 1 heterocycles. The third-order valence-electron chi connectivity index (χ3n) is 5.36. The van der Waals surface area contributed by atoms with Gasteiger partial charge in [-0.1, -0.05) is 50.2 Å². The Kier molecular flexibility index (Phi) is 7.24. The lowest BCUT2D eigenvalue weighted by Crippen LogP contribution is -2.44. The molecule has 1 amide bonds. The molecule has 0 saturated heterocycles. The largest absolute Gasteiger partial charge is 0.326 e. The van der Waals surface area contributed by atoms with Crippen LogP contribution in [0.1, 0.15) is 43.9 Å². The van der Waals surface area contributed by atoms with Gasteiger partial charge in [0.05, 0.1) is 0 Å². The van der Waals surface area contributed by atoms with Crippen molar-refractivity contribution in [2.24, 2.45) is 5.92 Å². The van der Waals surface area contributed by atoms with E-state index in [0.29, 0.717) is 12.0 Å². The summed E-state index contributed by atoms with van der Waals surface area (Å²) in [4.78, 5) is 14.0. The highest BCUT2D eigenvalue weighted by Gasteiger charge is 2.26. The molecule has 4 nitrogen and oxygen atoms in total. The molecule has 1 atom stereocenters. The third-order valence-corrected chi connectivity index (χ3v) is 5.36. The second kappa shape index (κ2) is 9.85. The summed E-state index contributed by atoms with van der Waals surface area (Å²) >= 11 is 0. The van der Waals surface area contributed by atoms with Crippen LogP contribution in [0.2, 0.25) is 0 Å². The van der Waals surface area contributed by atoms with Gasteiger partial charge in [0.15, 0.2) is 0 Å². The lowest BCUT2D eigenvalue weighted by atomic mass is 9.89. The van der Waals surface area contributed by atoms with E-state index in [-0.39, 0.29) is 5.91 Å². The van der Waals surface area contributed by atoms with Crippen LogP contribution < -0.4 is 10.6 Å². The molecule has 0 aromatic heterocycles. The Labute approximate surface area is 169 Å². The second-order valence-electron chi connectivity index (χ2n) is 8.29. The molecule has 0 fully saturated rings. The SMILES string of the molecule is CC(=O)Nc1ccc2c(c1)CN(CCNCc1ccccc1)C(CC(C)C)C2. The molecule has 0 bridgehead atoms. The first-order valence-corrected chi connectivity index (χ1v) is 10.4. The van der Waals surface area contributed by atoms with Crippen molar-refractivity contribution in [1.82, 2.24) is 10.2 Å². The molecule has 0 saturated carbocycles. The maximum absolute atomic E-state index is 11.4. The third kappa shape index (κ3) is 5.91. The van der Waals surface area contributed by atoms with E-state index < -0.39 is 0 Å². The van der Waals surface area contributed by atoms with Crippen LogP contribution in [0.15, 0.2) is 48.5 Å². The molecule has 2 aromatic carbocycles. The van der Waals surface area contributed by atoms with Crippen molar-refractivity contribution in [2.75, 3.05) is 18.4 Å². The Hall–Kier alpha value is -2.17. The Bertz CT molecular complexity index is 773. The number of carbonyl (C=O) groups is 1. The number of carbonyl (C=O) groups excluding carboxylic acids is 1. The van der Waals surface area contributed by atoms with Crippen LogP contribution in [0.4, 0.5) is 5.69 Å². The Morgan fingerprint density at radius 2 is 1.93 bits per heavy atom. The topological polar surface area (TPSA) is 44.4 Å². The van der Waals surface area contributed by atoms with Crippen molar-refractivity contribution >= 4 is 11.6 Å². The first-order valence-electron chi connectivity index (χ1n) is 10.4. The lowest BCUT2D eigenvalue weighted by Gasteiger charge is -2.38. The summed E-state index contributed by atoms with van der Waals surface area (Å²) in [5.74, 6) is 0.667. The standard InChI is InChI=1S/C24H33N3O/c1-18(2)13-24-15-21-9-10-23(26-19(3)28)14-22(21)17-27(24)12-11-25-16-20-7-5-4-6-8-20/h4-10,14,18,24-25H,11-13,15-17H2,1-3H3,(H,26,28). The van der Waals surface area contributed by atoms with Gasteiger partial charge >= 0.3 is 0 Å². The van der Waals surface area contributed by atoms with Gasteiger partial charge in [-0.3, -0.25) is 9.69 Å². The van der Waals surface area contributed by atoms with E-state index >= 15 is 0 Å². The molecule has 1 unspecified atom stereocenters. The number of hydrogen-bond acceptors (Lipinski definition) is 3.